The van der Waals surface area contributed by atoms with Gasteiger partial charge in [0.2, 0.25) is 0 Å². The van der Waals surface area contributed by atoms with Crippen LogP contribution in [0.25, 0.3) is 0 Å². The van der Waals surface area contributed by atoms with Crippen molar-refractivity contribution < 1.29 is 17.7 Å². The van der Waals surface area contributed by atoms with Crippen LogP contribution in [0.15, 0.2) is 41.3 Å². The summed E-state index contributed by atoms with van der Waals surface area (Å²) in [5, 5.41) is 0. The zero-order chi connectivity index (χ0) is 14.7. The zero-order valence-corrected chi connectivity index (χ0v) is 11.5. The van der Waals surface area contributed by atoms with E-state index in [1.165, 1.54) is 31.4 Å². The average molecular weight is 297 g/mol. The summed E-state index contributed by atoms with van der Waals surface area (Å²) in [4.78, 5) is 0.00131. The fraction of sp³-hybridized carbons (Fsp3) is 0.143. The molecule has 0 fully saturated rings. The van der Waals surface area contributed by atoms with Gasteiger partial charge in [-0.1, -0.05) is 12.1 Å². The number of methoxy groups -OCH3 is 1. The molecule has 0 spiro atoms. The summed E-state index contributed by atoms with van der Waals surface area (Å²) < 4.78 is 44.6. The first-order chi connectivity index (χ1) is 9.52. The Morgan fingerprint density at radius 3 is 2.65 bits per heavy atom. The van der Waals surface area contributed by atoms with Crippen molar-refractivity contribution in [1.29, 1.82) is 0 Å². The van der Waals surface area contributed by atoms with E-state index in [0.29, 0.717) is 0 Å². The largest absolute Gasteiger partial charge is 0.494 e. The van der Waals surface area contributed by atoms with Crippen molar-refractivity contribution in [2.45, 2.75) is 10.6 Å². The van der Waals surface area contributed by atoms with E-state index in [2.05, 4.69) is 0 Å². The van der Waals surface area contributed by atoms with E-state index in [9.17, 15) is 13.0 Å². The van der Waals surface area contributed by atoms with E-state index in [-0.39, 0.29) is 27.6 Å². The second-order valence-electron chi connectivity index (χ2n) is 4.11. The standard InChI is InChI=1S/C14H13F2NO2S/c1-19-12-4-2-3-9(14(12)16)8-20(18)13-6-5-10(17)7-11(13)15/h2-7H,8,17H2,1H3. The molecule has 0 bridgehead atoms. The lowest BCUT2D eigenvalue weighted by atomic mass is 10.2. The SMILES string of the molecule is COc1cccc(CS(=O)c2ccc(N)cc2F)c1F. The number of rotatable bonds is 4. The van der Waals surface area contributed by atoms with Crippen molar-refractivity contribution in [1.82, 2.24) is 0 Å². The summed E-state index contributed by atoms with van der Waals surface area (Å²) >= 11 is 0. The molecular formula is C14H13F2NO2S. The first kappa shape index (κ1) is 14.5. The Balaban J connectivity index is 2.28. The average Bonchev–Trinajstić information content (AvgIpc) is 2.41. The predicted molar refractivity (Wildman–Crippen MR) is 73.9 cm³/mol. The molecule has 0 aliphatic rings. The minimum absolute atomic E-state index is 0.00131. The van der Waals surface area contributed by atoms with Gasteiger partial charge in [0.05, 0.1) is 28.6 Å². The van der Waals surface area contributed by atoms with Crippen molar-refractivity contribution in [3.05, 3.63) is 53.6 Å². The van der Waals surface area contributed by atoms with Gasteiger partial charge in [-0.25, -0.2) is 8.78 Å². The van der Waals surface area contributed by atoms with Crippen molar-refractivity contribution in [2.75, 3.05) is 12.8 Å². The molecule has 0 radical (unpaired) electrons. The molecule has 3 nitrogen and oxygen atoms in total. The third-order valence-corrected chi connectivity index (χ3v) is 4.15. The number of anilines is 1. The molecule has 6 heteroatoms. The summed E-state index contributed by atoms with van der Waals surface area (Å²) in [7, 11) is -0.355. The fourth-order valence-electron chi connectivity index (χ4n) is 1.75. The number of hydrogen-bond donors (Lipinski definition) is 1. The minimum atomic E-state index is -1.70. The smallest absolute Gasteiger partial charge is 0.169 e. The van der Waals surface area contributed by atoms with Crippen LogP contribution in [0.5, 0.6) is 5.75 Å². The van der Waals surface area contributed by atoms with Crippen LogP contribution in [0.2, 0.25) is 0 Å². The number of hydrogen-bond acceptors (Lipinski definition) is 3. The number of halogens is 2. The molecule has 2 N–H and O–H groups in total. The molecule has 0 saturated heterocycles. The molecule has 2 aromatic carbocycles. The first-order valence-corrected chi connectivity index (χ1v) is 7.09. The van der Waals surface area contributed by atoms with E-state index in [1.54, 1.807) is 6.07 Å². The Morgan fingerprint density at radius 2 is 2.00 bits per heavy atom. The predicted octanol–water partition coefficient (Wildman–Crippen LogP) is 2.86. The molecule has 0 heterocycles. The minimum Gasteiger partial charge on any atom is -0.494 e. The van der Waals surface area contributed by atoms with Gasteiger partial charge in [0.25, 0.3) is 0 Å². The first-order valence-electron chi connectivity index (χ1n) is 5.77. The van der Waals surface area contributed by atoms with Gasteiger partial charge in [-0.15, -0.1) is 0 Å². The van der Waals surface area contributed by atoms with Crippen molar-refractivity contribution in [2.24, 2.45) is 0 Å². The molecule has 20 heavy (non-hydrogen) atoms. The second-order valence-corrected chi connectivity index (χ2v) is 5.53. The number of benzene rings is 2. The highest BCUT2D eigenvalue weighted by molar-refractivity contribution is 7.84. The molecular weight excluding hydrogens is 284 g/mol. The maximum Gasteiger partial charge on any atom is 0.169 e. The van der Waals surface area contributed by atoms with Gasteiger partial charge in [-0.05, 0) is 24.3 Å². The normalized spacial score (nSPS) is 12.2. The van der Waals surface area contributed by atoms with Crippen LogP contribution >= 0.6 is 0 Å². The Kier molecular flexibility index (Phi) is 4.34. The Bertz CT molecular complexity index is 662. The van der Waals surface area contributed by atoms with Crippen LogP contribution < -0.4 is 10.5 Å². The molecule has 1 unspecified atom stereocenters. The molecule has 106 valence electrons. The van der Waals surface area contributed by atoms with Gasteiger partial charge in [-0.3, -0.25) is 4.21 Å². The van der Waals surface area contributed by atoms with Crippen molar-refractivity contribution in [3.8, 4) is 5.75 Å². The molecule has 0 aliphatic carbocycles. The Labute approximate surface area is 117 Å². The van der Waals surface area contributed by atoms with Gasteiger partial charge in [0.15, 0.2) is 11.6 Å². The van der Waals surface area contributed by atoms with E-state index < -0.39 is 22.4 Å². The van der Waals surface area contributed by atoms with E-state index >= 15 is 0 Å². The van der Waals surface area contributed by atoms with E-state index in [4.69, 9.17) is 10.5 Å². The summed E-state index contributed by atoms with van der Waals surface area (Å²) in [5.74, 6) is -1.31. The summed E-state index contributed by atoms with van der Waals surface area (Å²) in [5.41, 5.74) is 5.88. The summed E-state index contributed by atoms with van der Waals surface area (Å²) in [6.45, 7) is 0. The third-order valence-electron chi connectivity index (χ3n) is 2.75. The van der Waals surface area contributed by atoms with Crippen LogP contribution in [-0.2, 0) is 16.6 Å². The highest BCUT2D eigenvalue weighted by Crippen LogP contribution is 2.24. The van der Waals surface area contributed by atoms with Crippen LogP contribution in [0, 0.1) is 11.6 Å². The highest BCUT2D eigenvalue weighted by atomic mass is 32.2. The monoisotopic (exact) mass is 297 g/mol. The lowest BCUT2D eigenvalue weighted by Gasteiger charge is -2.08. The van der Waals surface area contributed by atoms with Gasteiger partial charge in [-0.2, -0.15) is 0 Å². The zero-order valence-electron chi connectivity index (χ0n) is 10.7. The molecule has 1 atom stereocenters. The maximum atomic E-state index is 13.9. The lowest BCUT2D eigenvalue weighted by molar-refractivity contribution is 0.385. The maximum absolute atomic E-state index is 13.9. The lowest BCUT2D eigenvalue weighted by Crippen LogP contribution is -2.03. The quantitative estimate of drug-likeness (QED) is 0.883. The number of ether oxygens (including phenoxy) is 1. The molecule has 0 aromatic heterocycles. The van der Waals surface area contributed by atoms with Gasteiger partial charge in [0, 0.05) is 11.3 Å². The molecule has 0 amide bonds. The van der Waals surface area contributed by atoms with Crippen LogP contribution in [0.1, 0.15) is 5.56 Å². The van der Waals surface area contributed by atoms with Crippen LogP contribution in [0.3, 0.4) is 0 Å². The van der Waals surface area contributed by atoms with E-state index in [0.717, 1.165) is 6.07 Å². The number of nitrogen functional groups attached to an aromatic ring is 1. The topological polar surface area (TPSA) is 52.3 Å². The Morgan fingerprint density at radius 1 is 1.25 bits per heavy atom. The molecule has 2 aromatic rings. The van der Waals surface area contributed by atoms with Crippen molar-refractivity contribution >= 4 is 16.5 Å². The fourth-order valence-corrected chi connectivity index (χ4v) is 2.90. The van der Waals surface area contributed by atoms with Crippen LogP contribution in [-0.4, -0.2) is 11.3 Å². The van der Waals surface area contributed by atoms with Crippen molar-refractivity contribution in [3.63, 3.8) is 0 Å². The van der Waals surface area contributed by atoms with Gasteiger partial charge < -0.3 is 10.5 Å². The van der Waals surface area contributed by atoms with E-state index in [1.807, 2.05) is 0 Å². The summed E-state index contributed by atoms with van der Waals surface area (Å²) in [6, 6.07) is 8.44. The third kappa shape index (κ3) is 2.96. The van der Waals surface area contributed by atoms with Gasteiger partial charge in [0.1, 0.15) is 5.82 Å². The van der Waals surface area contributed by atoms with Gasteiger partial charge >= 0.3 is 0 Å². The highest BCUT2D eigenvalue weighted by Gasteiger charge is 2.15. The number of nitrogens with two attached hydrogens (primary N) is 1. The summed E-state index contributed by atoms with van der Waals surface area (Å²) in [6.07, 6.45) is 0. The second kappa shape index (κ2) is 6.00. The molecule has 0 saturated carbocycles. The van der Waals surface area contributed by atoms with Crippen LogP contribution in [0.4, 0.5) is 14.5 Å². The molecule has 2 rings (SSSR count). The Hall–Kier alpha value is -1.95. The molecule has 0 aliphatic heterocycles.